The van der Waals surface area contributed by atoms with E-state index in [9.17, 15) is 14.9 Å². The van der Waals surface area contributed by atoms with Gasteiger partial charge in [-0.2, -0.15) is 5.26 Å². The zero-order valence-corrected chi connectivity index (χ0v) is 23.0. The summed E-state index contributed by atoms with van der Waals surface area (Å²) < 4.78 is 7.41. The molecule has 0 spiro atoms. The molecule has 0 bridgehead atoms. The van der Waals surface area contributed by atoms with Crippen molar-refractivity contribution in [1.82, 2.24) is 9.47 Å². The lowest BCUT2D eigenvalue weighted by Crippen LogP contribution is -2.39. The molecule has 1 amide bonds. The van der Waals surface area contributed by atoms with Crippen LogP contribution in [0.4, 0.5) is 5.82 Å². The number of amides is 1. The van der Waals surface area contributed by atoms with Crippen LogP contribution in [0, 0.1) is 24.2 Å². The van der Waals surface area contributed by atoms with E-state index in [2.05, 4.69) is 35.2 Å². The summed E-state index contributed by atoms with van der Waals surface area (Å²) in [7, 11) is 1.70. The van der Waals surface area contributed by atoms with Crippen molar-refractivity contribution >= 4 is 46.1 Å². The molecular weight excluding hydrogens is 516 g/mol. The molecule has 3 aromatic rings. The maximum atomic E-state index is 13.3. The third kappa shape index (κ3) is 5.06. The highest BCUT2D eigenvalue weighted by Crippen LogP contribution is 2.37. The van der Waals surface area contributed by atoms with E-state index in [1.54, 1.807) is 43.0 Å². The van der Waals surface area contributed by atoms with Gasteiger partial charge >= 0.3 is 0 Å². The monoisotopic (exact) mass is 544 g/mol. The van der Waals surface area contributed by atoms with E-state index >= 15 is 0 Å². The highest BCUT2D eigenvalue weighted by Gasteiger charge is 2.34. The van der Waals surface area contributed by atoms with Gasteiger partial charge < -0.3 is 9.32 Å². The molecule has 2 saturated heterocycles. The van der Waals surface area contributed by atoms with Gasteiger partial charge in [0, 0.05) is 25.7 Å². The summed E-state index contributed by atoms with van der Waals surface area (Å²) in [5.74, 6) is 1.73. The molecule has 0 atom stereocenters. The summed E-state index contributed by atoms with van der Waals surface area (Å²) in [5.41, 5.74) is 2.39. The highest BCUT2D eigenvalue weighted by molar-refractivity contribution is 8.26. The lowest BCUT2D eigenvalue weighted by Gasteiger charge is -2.36. The van der Waals surface area contributed by atoms with Crippen LogP contribution in [0.3, 0.4) is 0 Å². The molecule has 2 aromatic heterocycles. The summed E-state index contributed by atoms with van der Waals surface area (Å²) in [6.45, 7) is 3.61. The van der Waals surface area contributed by atoms with E-state index in [1.807, 2.05) is 6.07 Å². The van der Waals surface area contributed by atoms with Gasteiger partial charge in [-0.1, -0.05) is 54.3 Å². The Morgan fingerprint density at radius 2 is 1.89 bits per heavy atom. The molecule has 9 heteroatoms. The minimum Gasteiger partial charge on any atom is -0.467 e. The third-order valence-electron chi connectivity index (χ3n) is 7.29. The van der Waals surface area contributed by atoms with Gasteiger partial charge in [-0.15, -0.1) is 0 Å². The number of nitriles is 1. The van der Waals surface area contributed by atoms with E-state index in [0.29, 0.717) is 32.0 Å². The molecule has 2 fully saturated rings. The van der Waals surface area contributed by atoms with E-state index in [-0.39, 0.29) is 23.6 Å². The summed E-state index contributed by atoms with van der Waals surface area (Å²) in [5, 5.41) is 9.76. The van der Waals surface area contributed by atoms with Gasteiger partial charge in [0.05, 0.1) is 17.7 Å². The number of rotatable bonds is 6. The Bertz CT molecular complexity index is 1500. The number of thiocarbonyl (C=S) groups is 1. The van der Waals surface area contributed by atoms with Crippen molar-refractivity contribution in [2.75, 3.05) is 18.0 Å². The van der Waals surface area contributed by atoms with Crippen LogP contribution in [0.5, 0.6) is 0 Å². The number of piperidine rings is 1. The number of thioether (sulfide) groups is 1. The number of pyridine rings is 1. The second-order valence-electron chi connectivity index (χ2n) is 9.68. The molecule has 0 saturated carbocycles. The smallest absolute Gasteiger partial charge is 0.270 e. The first-order chi connectivity index (χ1) is 18.4. The summed E-state index contributed by atoms with van der Waals surface area (Å²) in [6.07, 6.45) is 6.38. The van der Waals surface area contributed by atoms with Crippen molar-refractivity contribution in [3.05, 3.63) is 92.0 Å². The number of nitrogens with zero attached hydrogens (tertiary/aromatic N) is 4. The number of anilines is 1. The number of benzene rings is 1. The van der Waals surface area contributed by atoms with Crippen molar-refractivity contribution in [2.45, 2.75) is 32.7 Å². The molecule has 38 heavy (non-hydrogen) atoms. The topological polar surface area (TPSA) is 82.5 Å². The zero-order valence-electron chi connectivity index (χ0n) is 21.3. The van der Waals surface area contributed by atoms with Gasteiger partial charge in [-0.25, -0.2) is 0 Å². The summed E-state index contributed by atoms with van der Waals surface area (Å²) in [4.78, 5) is 30.6. The quantitative estimate of drug-likeness (QED) is 0.318. The van der Waals surface area contributed by atoms with Crippen LogP contribution in [-0.2, 0) is 24.8 Å². The Morgan fingerprint density at radius 1 is 1.16 bits per heavy atom. The number of carbonyl (C=O) groups is 1. The van der Waals surface area contributed by atoms with Gasteiger partial charge in [-0.05, 0) is 61.4 Å². The van der Waals surface area contributed by atoms with Crippen LogP contribution in [0.1, 0.15) is 40.9 Å². The first-order valence-electron chi connectivity index (χ1n) is 12.6. The van der Waals surface area contributed by atoms with Crippen LogP contribution in [0.2, 0.25) is 0 Å². The largest absolute Gasteiger partial charge is 0.467 e. The maximum absolute atomic E-state index is 13.3. The summed E-state index contributed by atoms with van der Waals surface area (Å²) >= 11 is 6.73. The first-order valence-corrected chi connectivity index (χ1v) is 13.8. The van der Waals surface area contributed by atoms with Crippen molar-refractivity contribution in [1.29, 1.82) is 5.26 Å². The average molecular weight is 545 g/mol. The molecule has 0 unspecified atom stereocenters. The van der Waals surface area contributed by atoms with E-state index < -0.39 is 0 Å². The SMILES string of the molecule is Cc1c(C=C2SC(=S)N(Cc3ccco3)C2=O)c(N2CCC(Cc3ccccc3)CC2)n(C)c(=O)c1C#N. The molecule has 0 N–H and O–H groups in total. The van der Waals surface area contributed by atoms with Gasteiger partial charge in [0.15, 0.2) is 0 Å². The van der Waals surface area contributed by atoms with Crippen molar-refractivity contribution in [3.63, 3.8) is 0 Å². The first kappa shape index (κ1) is 26.0. The molecule has 4 heterocycles. The fourth-order valence-corrected chi connectivity index (χ4v) is 6.45. The molecule has 7 nitrogen and oxygen atoms in total. The fraction of sp³-hybridized carbons (Fsp3) is 0.310. The molecule has 2 aliphatic rings. The molecule has 2 aliphatic heterocycles. The van der Waals surface area contributed by atoms with Gasteiger partial charge in [-0.3, -0.25) is 19.1 Å². The van der Waals surface area contributed by atoms with Crippen LogP contribution in [0.15, 0.2) is 62.8 Å². The molecule has 5 rings (SSSR count). The Kier molecular flexibility index (Phi) is 7.54. The van der Waals surface area contributed by atoms with E-state index in [1.165, 1.54) is 22.2 Å². The Morgan fingerprint density at radius 3 is 2.55 bits per heavy atom. The van der Waals surface area contributed by atoms with Crippen molar-refractivity contribution < 1.29 is 9.21 Å². The Labute approximate surface area is 231 Å². The van der Waals surface area contributed by atoms with Gasteiger partial charge in [0.25, 0.3) is 11.5 Å². The predicted molar refractivity (Wildman–Crippen MR) is 154 cm³/mol. The van der Waals surface area contributed by atoms with Crippen LogP contribution in [0.25, 0.3) is 6.08 Å². The van der Waals surface area contributed by atoms with Crippen LogP contribution >= 0.6 is 24.0 Å². The minimum absolute atomic E-state index is 0.0903. The maximum Gasteiger partial charge on any atom is 0.270 e. The zero-order chi connectivity index (χ0) is 26.8. The fourth-order valence-electron chi connectivity index (χ4n) is 5.22. The number of hydrogen-bond donors (Lipinski definition) is 0. The number of carbonyl (C=O) groups excluding carboxylic acids is 1. The predicted octanol–water partition coefficient (Wildman–Crippen LogP) is 5.02. The Balaban J connectivity index is 1.46. The standard InChI is InChI=1S/C29H28N4O3S2/c1-19-23(16-25-28(35)33(29(37)38-25)18-22-9-6-14-36-22)26(31(2)27(34)24(19)17-30)32-12-10-21(11-13-32)15-20-7-4-3-5-8-20/h3-9,14,16,21H,10-13,15,18H2,1-2H3. The van der Waals surface area contributed by atoms with Crippen molar-refractivity contribution in [3.8, 4) is 6.07 Å². The van der Waals surface area contributed by atoms with Crippen LogP contribution < -0.4 is 10.5 Å². The molecule has 1 aromatic carbocycles. The van der Waals surface area contributed by atoms with Gasteiger partial charge in [0.2, 0.25) is 0 Å². The third-order valence-corrected chi connectivity index (χ3v) is 8.67. The molecule has 194 valence electrons. The van der Waals surface area contributed by atoms with E-state index in [0.717, 1.165) is 38.2 Å². The van der Waals surface area contributed by atoms with Crippen LogP contribution in [-0.4, -0.2) is 32.8 Å². The Hall–Kier alpha value is -3.61. The molecule has 0 aliphatic carbocycles. The lowest BCUT2D eigenvalue weighted by molar-refractivity contribution is -0.122. The number of furan rings is 1. The minimum atomic E-state index is -0.325. The molecule has 0 radical (unpaired) electrons. The second kappa shape index (κ2) is 11.0. The summed E-state index contributed by atoms with van der Waals surface area (Å²) in [6, 6.07) is 16.2. The van der Waals surface area contributed by atoms with E-state index in [4.69, 9.17) is 16.6 Å². The highest BCUT2D eigenvalue weighted by atomic mass is 32.2. The normalized spacial score (nSPS) is 17.4. The number of aromatic nitrogens is 1. The van der Waals surface area contributed by atoms with Gasteiger partial charge in [0.1, 0.15) is 27.5 Å². The van der Waals surface area contributed by atoms with Crippen molar-refractivity contribution in [2.24, 2.45) is 13.0 Å². The molecular formula is C29H28N4O3S2. The second-order valence-corrected chi connectivity index (χ2v) is 11.4. The lowest BCUT2D eigenvalue weighted by atomic mass is 9.90. The number of hydrogen-bond acceptors (Lipinski definition) is 7. The average Bonchev–Trinajstić information content (AvgIpc) is 3.53.